The fourth-order valence-corrected chi connectivity index (χ4v) is 2.60. The van der Waals surface area contributed by atoms with Crippen LogP contribution in [0.2, 0.25) is 0 Å². The summed E-state index contributed by atoms with van der Waals surface area (Å²) in [5, 5.41) is 8.75. The van der Waals surface area contributed by atoms with Crippen molar-refractivity contribution in [1.29, 1.82) is 5.26 Å². The molecule has 1 aromatic carbocycles. The summed E-state index contributed by atoms with van der Waals surface area (Å²) in [6.45, 7) is 3.56. The minimum Gasteiger partial charge on any atom is -0.365 e. The topological polar surface area (TPSA) is 53.0 Å². The first-order valence-corrected chi connectivity index (χ1v) is 6.32. The highest BCUT2D eigenvalue weighted by Gasteiger charge is 2.27. The minimum absolute atomic E-state index is 0.191. The van der Waals surface area contributed by atoms with Crippen LogP contribution >= 0.6 is 0 Å². The molecule has 1 heterocycles. The lowest BCUT2D eigenvalue weighted by molar-refractivity contribution is 0.364. The van der Waals surface area contributed by atoms with Crippen LogP contribution < -0.4 is 10.6 Å². The zero-order chi connectivity index (χ0) is 13.1. The number of anilines is 1. The third-order valence-corrected chi connectivity index (χ3v) is 3.64. The zero-order valence-corrected chi connectivity index (χ0v) is 10.6. The number of rotatable bonds is 2. The van der Waals surface area contributed by atoms with Crippen molar-refractivity contribution in [2.45, 2.75) is 25.8 Å². The summed E-state index contributed by atoms with van der Waals surface area (Å²) in [4.78, 5) is 2.04. The highest BCUT2D eigenvalue weighted by Crippen LogP contribution is 2.29. The lowest BCUT2D eigenvalue weighted by atomic mass is 9.92. The van der Waals surface area contributed by atoms with Crippen LogP contribution in [0.5, 0.6) is 0 Å². The van der Waals surface area contributed by atoms with Crippen LogP contribution in [-0.2, 0) is 0 Å². The minimum atomic E-state index is -0.331. The van der Waals surface area contributed by atoms with Gasteiger partial charge in [0.25, 0.3) is 0 Å². The lowest BCUT2D eigenvalue weighted by Crippen LogP contribution is -2.46. The molecular weight excluding hydrogens is 229 g/mol. The third kappa shape index (κ3) is 2.46. The van der Waals surface area contributed by atoms with Crippen molar-refractivity contribution in [2.75, 3.05) is 18.0 Å². The van der Waals surface area contributed by atoms with Gasteiger partial charge in [-0.3, -0.25) is 0 Å². The molecule has 1 fully saturated rings. The maximum Gasteiger partial charge on any atom is 0.147 e. The predicted octanol–water partition coefficient (Wildman–Crippen LogP) is 2.26. The van der Waals surface area contributed by atoms with E-state index in [0.29, 0.717) is 23.7 Å². The van der Waals surface area contributed by atoms with E-state index in [2.05, 4.69) is 6.92 Å². The van der Waals surface area contributed by atoms with E-state index in [9.17, 15) is 4.39 Å². The summed E-state index contributed by atoms with van der Waals surface area (Å²) in [6, 6.07) is 6.77. The van der Waals surface area contributed by atoms with Gasteiger partial charge in [0, 0.05) is 19.1 Å². The molecule has 0 aromatic heterocycles. The van der Waals surface area contributed by atoms with Crippen LogP contribution in [0.4, 0.5) is 10.1 Å². The van der Waals surface area contributed by atoms with Crippen molar-refractivity contribution in [2.24, 2.45) is 11.7 Å². The standard InChI is InChI=1S/C14H18FN3/c1-10-4-5-18(12(6-10)9-17)14-3-2-11(8-16)7-13(14)15/h2-3,7,10,12H,4-6,9,17H2,1H3. The Balaban J connectivity index is 2.27. The zero-order valence-electron chi connectivity index (χ0n) is 10.6. The molecule has 0 bridgehead atoms. The summed E-state index contributed by atoms with van der Waals surface area (Å²) in [5.74, 6) is 0.304. The highest BCUT2D eigenvalue weighted by atomic mass is 19.1. The Bertz CT molecular complexity index is 467. The molecular formula is C14H18FN3. The summed E-state index contributed by atoms with van der Waals surface area (Å²) < 4.78 is 14.0. The number of nitriles is 1. The summed E-state index contributed by atoms with van der Waals surface area (Å²) in [5.41, 5.74) is 6.70. The quantitative estimate of drug-likeness (QED) is 0.872. The van der Waals surface area contributed by atoms with Crippen molar-refractivity contribution in [3.8, 4) is 6.07 Å². The molecule has 0 spiro atoms. The second kappa shape index (κ2) is 5.36. The molecule has 3 nitrogen and oxygen atoms in total. The molecule has 2 N–H and O–H groups in total. The molecule has 18 heavy (non-hydrogen) atoms. The smallest absolute Gasteiger partial charge is 0.147 e. The molecule has 2 atom stereocenters. The molecule has 0 amide bonds. The molecule has 0 radical (unpaired) electrons. The fourth-order valence-electron chi connectivity index (χ4n) is 2.60. The molecule has 1 saturated heterocycles. The van der Waals surface area contributed by atoms with Crippen molar-refractivity contribution >= 4 is 5.69 Å². The average Bonchev–Trinajstić information content (AvgIpc) is 2.39. The second-order valence-electron chi connectivity index (χ2n) is 4.99. The first kappa shape index (κ1) is 12.8. The van der Waals surface area contributed by atoms with E-state index in [1.165, 1.54) is 6.07 Å². The molecule has 0 aliphatic carbocycles. The molecule has 1 aliphatic rings. The Kier molecular flexibility index (Phi) is 3.83. The number of hydrogen-bond donors (Lipinski definition) is 1. The van der Waals surface area contributed by atoms with Crippen molar-refractivity contribution < 1.29 is 4.39 Å². The van der Waals surface area contributed by atoms with Gasteiger partial charge in [0.1, 0.15) is 5.82 Å². The Morgan fingerprint density at radius 2 is 2.33 bits per heavy atom. The Labute approximate surface area is 107 Å². The van der Waals surface area contributed by atoms with Crippen LogP contribution in [0.15, 0.2) is 18.2 Å². The second-order valence-corrected chi connectivity index (χ2v) is 4.99. The number of halogens is 1. The van der Waals surface area contributed by atoms with E-state index in [4.69, 9.17) is 11.0 Å². The van der Waals surface area contributed by atoms with E-state index in [0.717, 1.165) is 19.4 Å². The Morgan fingerprint density at radius 3 is 2.94 bits per heavy atom. The van der Waals surface area contributed by atoms with E-state index in [1.54, 1.807) is 12.1 Å². The van der Waals surface area contributed by atoms with Gasteiger partial charge in [-0.2, -0.15) is 5.26 Å². The lowest BCUT2D eigenvalue weighted by Gasteiger charge is -2.39. The highest BCUT2D eigenvalue weighted by molar-refractivity contribution is 5.52. The predicted molar refractivity (Wildman–Crippen MR) is 69.7 cm³/mol. The van der Waals surface area contributed by atoms with E-state index in [-0.39, 0.29) is 11.9 Å². The fraction of sp³-hybridized carbons (Fsp3) is 0.500. The third-order valence-electron chi connectivity index (χ3n) is 3.64. The molecule has 4 heteroatoms. The largest absolute Gasteiger partial charge is 0.365 e. The summed E-state index contributed by atoms with van der Waals surface area (Å²) in [6.07, 6.45) is 2.05. The van der Waals surface area contributed by atoms with E-state index >= 15 is 0 Å². The van der Waals surface area contributed by atoms with Gasteiger partial charge in [-0.25, -0.2) is 4.39 Å². The van der Waals surface area contributed by atoms with Crippen LogP contribution in [0.25, 0.3) is 0 Å². The van der Waals surface area contributed by atoms with Gasteiger partial charge < -0.3 is 10.6 Å². The van der Waals surface area contributed by atoms with Crippen LogP contribution in [-0.4, -0.2) is 19.1 Å². The molecule has 2 unspecified atom stereocenters. The van der Waals surface area contributed by atoms with Gasteiger partial charge in [-0.05, 0) is 37.0 Å². The maximum atomic E-state index is 14.0. The molecule has 1 aliphatic heterocycles. The van der Waals surface area contributed by atoms with Gasteiger partial charge in [-0.15, -0.1) is 0 Å². The van der Waals surface area contributed by atoms with Crippen LogP contribution in [0.3, 0.4) is 0 Å². The SMILES string of the molecule is CC1CCN(c2ccc(C#N)cc2F)C(CN)C1. The summed E-state index contributed by atoms with van der Waals surface area (Å²) >= 11 is 0. The molecule has 1 aromatic rings. The number of nitrogens with two attached hydrogens (primary N) is 1. The average molecular weight is 247 g/mol. The molecule has 96 valence electrons. The van der Waals surface area contributed by atoms with Crippen LogP contribution in [0.1, 0.15) is 25.3 Å². The Morgan fingerprint density at radius 1 is 1.56 bits per heavy atom. The van der Waals surface area contributed by atoms with E-state index in [1.807, 2.05) is 11.0 Å². The van der Waals surface area contributed by atoms with E-state index < -0.39 is 0 Å². The molecule has 2 rings (SSSR count). The maximum absolute atomic E-state index is 14.0. The monoisotopic (exact) mass is 247 g/mol. The van der Waals surface area contributed by atoms with Gasteiger partial charge in [0.2, 0.25) is 0 Å². The first-order valence-electron chi connectivity index (χ1n) is 6.32. The van der Waals surface area contributed by atoms with Crippen LogP contribution in [0, 0.1) is 23.1 Å². The van der Waals surface area contributed by atoms with Gasteiger partial charge >= 0.3 is 0 Å². The van der Waals surface area contributed by atoms with Crippen molar-refractivity contribution in [1.82, 2.24) is 0 Å². The first-order chi connectivity index (χ1) is 8.65. The Hall–Kier alpha value is -1.60. The number of piperidine rings is 1. The van der Waals surface area contributed by atoms with Gasteiger partial charge in [0.15, 0.2) is 0 Å². The van der Waals surface area contributed by atoms with Gasteiger partial charge in [-0.1, -0.05) is 6.92 Å². The van der Waals surface area contributed by atoms with Crippen molar-refractivity contribution in [3.05, 3.63) is 29.6 Å². The normalized spacial score (nSPS) is 23.8. The van der Waals surface area contributed by atoms with Gasteiger partial charge in [0.05, 0.1) is 17.3 Å². The summed E-state index contributed by atoms with van der Waals surface area (Å²) in [7, 11) is 0. The molecule has 0 saturated carbocycles. The van der Waals surface area contributed by atoms with Crippen molar-refractivity contribution in [3.63, 3.8) is 0 Å². The number of nitrogens with zero attached hydrogens (tertiary/aromatic N) is 2. The number of benzene rings is 1. The number of hydrogen-bond acceptors (Lipinski definition) is 3.